The van der Waals surface area contributed by atoms with Gasteiger partial charge in [0.25, 0.3) is 0 Å². The lowest BCUT2D eigenvalue weighted by Crippen LogP contribution is -2.31. The Bertz CT molecular complexity index is 109. The third-order valence-corrected chi connectivity index (χ3v) is 3.34. The van der Waals surface area contributed by atoms with E-state index in [4.69, 9.17) is 0 Å². The minimum Gasteiger partial charge on any atom is -0.314 e. The van der Waals surface area contributed by atoms with Crippen molar-refractivity contribution in [3.63, 3.8) is 0 Å². The number of hydrogen-bond donors (Lipinski definition) is 1. The van der Waals surface area contributed by atoms with Crippen LogP contribution in [0.2, 0.25) is 0 Å². The maximum Gasteiger partial charge on any atom is 0.00670 e. The van der Waals surface area contributed by atoms with Crippen molar-refractivity contribution >= 4 is 0 Å². The summed E-state index contributed by atoms with van der Waals surface area (Å²) in [5.74, 6) is 0.944. The first-order valence-corrected chi connectivity index (χ1v) is 7.01. The van der Waals surface area contributed by atoms with Gasteiger partial charge in [0.2, 0.25) is 0 Å². The molecule has 0 bridgehead atoms. The molecule has 0 radical (unpaired) electrons. The Morgan fingerprint density at radius 1 is 0.933 bits per heavy atom. The molecule has 0 saturated heterocycles. The summed E-state index contributed by atoms with van der Waals surface area (Å²) in [5, 5.41) is 3.66. The first-order valence-electron chi connectivity index (χ1n) is 7.01. The molecule has 0 aliphatic carbocycles. The normalized spacial score (nSPS) is 15.2. The summed E-state index contributed by atoms with van der Waals surface area (Å²) in [4.78, 5) is 0. The fraction of sp³-hybridized carbons (Fsp3) is 1.00. The minimum absolute atomic E-state index is 0.756. The van der Waals surface area contributed by atoms with E-state index in [0.717, 1.165) is 12.0 Å². The zero-order valence-electron chi connectivity index (χ0n) is 11.3. The van der Waals surface area contributed by atoms with Gasteiger partial charge in [0, 0.05) is 6.04 Å². The summed E-state index contributed by atoms with van der Waals surface area (Å²) < 4.78 is 0. The highest BCUT2D eigenvalue weighted by Gasteiger charge is 2.12. The van der Waals surface area contributed by atoms with Crippen LogP contribution in [0.1, 0.15) is 72.6 Å². The van der Waals surface area contributed by atoms with E-state index in [9.17, 15) is 0 Å². The lowest BCUT2D eigenvalue weighted by atomic mass is 9.91. The first-order chi connectivity index (χ1) is 7.28. The average molecular weight is 213 g/mol. The first kappa shape index (κ1) is 15.0. The smallest absolute Gasteiger partial charge is 0.00670 e. The van der Waals surface area contributed by atoms with Crippen LogP contribution >= 0.6 is 0 Å². The van der Waals surface area contributed by atoms with Crippen LogP contribution < -0.4 is 5.32 Å². The second-order valence-corrected chi connectivity index (χ2v) is 4.71. The Labute approximate surface area is 97.0 Å². The van der Waals surface area contributed by atoms with Gasteiger partial charge in [-0.3, -0.25) is 0 Å². The molecule has 0 aromatic rings. The van der Waals surface area contributed by atoms with E-state index in [1.807, 2.05) is 0 Å². The fourth-order valence-corrected chi connectivity index (χ4v) is 2.13. The van der Waals surface area contributed by atoms with Gasteiger partial charge in [0.05, 0.1) is 0 Å². The van der Waals surface area contributed by atoms with E-state index in [0.29, 0.717) is 0 Å². The average Bonchev–Trinajstić information content (AvgIpc) is 2.28. The maximum absolute atomic E-state index is 3.66. The summed E-state index contributed by atoms with van der Waals surface area (Å²) in [6.07, 6.45) is 9.44. The summed E-state index contributed by atoms with van der Waals surface area (Å²) in [7, 11) is 0. The monoisotopic (exact) mass is 213 g/mol. The summed E-state index contributed by atoms with van der Waals surface area (Å²) in [6.45, 7) is 10.4. The van der Waals surface area contributed by atoms with Crippen molar-refractivity contribution in [3.8, 4) is 0 Å². The highest BCUT2D eigenvalue weighted by molar-refractivity contribution is 4.70. The summed E-state index contributed by atoms with van der Waals surface area (Å²) in [5.41, 5.74) is 0. The standard InChI is InChI=1S/C14H31N/c1-5-9-10-13(7-3)12-14(8-4)15-11-6-2/h13-15H,5-12H2,1-4H3. The highest BCUT2D eigenvalue weighted by Crippen LogP contribution is 2.19. The van der Waals surface area contributed by atoms with Gasteiger partial charge in [0.15, 0.2) is 0 Å². The van der Waals surface area contributed by atoms with E-state index in [-0.39, 0.29) is 0 Å². The van der Waals surface area contributed by atoms with Crippen molar-refractivity contribution in [2.75, 3.05) is 6.54 Å². The van der Waals surface area contributed by atoms with Gasteiger partial charge in [-0.15, -0.1) is 0 Å². The Hall–Kier alpha value is -0.0400. The number of nitrogens with one attached hydrogen (secondary N) is 1. The van der Waals surface area contributed by atoms with Crippen molar-refractivity contribution in [2.24, 2.45) is 5.92 Å². The molecule has 92 valence electrons. The molecule has 2 atom stereocenters. The topological polar surface area (TPSA) is 12.0 Å². The number of hydrogen-bond acceptors (Lipinski definition) is 1. The molecule has 15 heavy (non-hydrogen) atoms. The van der Waals surface area contributed by atoms with Gasteiger partial charge in [0.1, 0.15) is 0 Å². The minimum atomic E-state index is 0.756. The molecule has 0 aromatic heterocycles. The molecule has 0 aromatic carbocycles. The number of unbranched alkanes of at least 4 members (excludes halogenated alkanes) is 1. The molecule has 0 fully saturated rings. The van der Waals surface area contributed by atoms with Crippen molar-refractivity contribution in [1.82, 2.24) is 5.32 Å². The van der Waals surface area contributed by atoms with Crippen LogP contribution in [-0.2, 0) is 0 Å². The Morgan fingerprint density at radius 3 is 2.13 bits per heavy atom. The van der Waals surface area contributed by atoms with Gasteiger partial charge in [-0.1, -0.05) is 53.4 Å². The van der Waals surface area contributed by atoms with E-state index >= 15 is 0 Å². The van der Waals surface area contributed by atoms with E-state index in [2.05, 4.69) is 33.0 Å². The third-order valence-electron chi connectivity index (χ3n) is 3.34. The summed E-state index contributed by atoms with van der Waals surface area (Å²) >= 11 is 0. The molecule has 1 heteroatoms. The molecule has 0 amide bonds. The lowest BCUT2D eigenvalue weighted by molar-refractivity contribution is 0.343. The molecule has 0 aliphatic rings. The van der Waals surface area contributed by atoms with Crippen LogP contribution in [-0.4, -0.2) is 12.6 Å². The zero-order valence-corrected chi connectivity index (χ0v) is 11.3. The predicted octanol–water partition coefficient (Wildman–Crippen LogP) is 4.37. The molecular formula is C14H31N. The zero-order chi connectivity index (χ0) is 11.5. The number of rotatable bonds is 10. The van der Waals surface area contributed by atoms with E-state index < -0.39 is 0 Å². The van der Waals surface area contributed by atoms with Crippen LogP contribution in [0.4, 0.5) is 0 Å². The third kappa shape index (κ3) is 7.84. The van der Waals surface area contributed by atoms with Crippen molar-refractivity contribution in [1.29, 1.82) is 0 Å². The van der Waals surface area contributed by atoms with Gasteiger partial charge in [-0.25, -0.2) is 0 Å². The second kappa shape index (κ2) is 10.5. The van der Waals surface area contributed by atoms with Gasteiger partial charge in [-0.05, 0) is 31.7 Å². The lowest BCUT2D eigenvalue weighted by Gasteiger charge is -2.22. The van der Waals surface area contributed by atoms with E-state index in [1.54, 1.807) is 0 Å². The molecule has 0 heterocycles. The van der Waals surface area contributed by atoms with Gasteiger partial charge < -0.3 is 5.32 Å². The van der Waals surface area contributed by atoms with Crippen LogP contribution in [0.25, 0.3) is 0 Å². The fourth-order valence-electron chi connectivity index (χ4n) is 2.13. The molecule has 0 rings (SSSR count). The molecule has 0 spiro atoms. The second-order valence-electron chi connectivity index (χ2n) is 4.71. The largest absolute Gasteiger partial charge is 0.314 e. The molecule has 1 N–H and O–H groups in total. The van der Waals surface area contributed by atoms with Crippen molar-refractivity contribution < 1.29 is 0 Å². The van der Waals surface area contributed by atoms with Crippen LogP contribution in [0, 0.1) is 5.92 Å². The molecular weight excluding hydrogens is 182 g/mol. The molecule has 2 unspecified atom stereocenters. The Morgan fingerprint density at radius 2 is 1.67 bits per heavy atom. The highest BCUT2D eigenvalue weighted by atomic mass is 14.9. The van der Waals surface area contributed by atoms with Crippen molar-refractivity contribution in [2.45, 2.75) is 78.7 Å². The maximum atomic E-state index is 3.66. The molecule has 0 saturated carbocycles. The Balaban J connectivity index is 3.77. The predicted molar refractivity (Wildman–Crippen MR) is 70.3 cm³/mol. The van der Waals surface area contributed by atoms with E-state index in [1.165, 1.54) is 51.5 Å². The van der Waals surface area contributed by atoms with Crippen LogP contribution in [0.15, 0.2) is 0 Å². The SMILES string of the molecule is CCCCC(CC)CC(CC)NCCC. The van der Waals surface area contributed by atoms with Crippen LogP contribution in [0.5, 0.6) is 0 Å². The summed E-state index contributed by atoms with van der Waals surface area (Å²) in [6, 6.07) is 0.756. The Kier molecular flexibility index (Phi) is 10.4. The quantitative estimate of drug-likeness (QED) is 0.568. The molecule has 1 nitrogen and oxygen atoms in total. The van der Waals surface area contributed by atoms with Crippen molar-refractivity contribution in [3.05, 3.63) is 0 Å². The van der Waals surface area contributed by atoms with Gasteiger partial charge in [-0.2, -0.15) is 0 Å². The van der Waals surface area contributed by atoms with Gasteiger partial charge >= 0.3 is 0 Å². The van der Waals surface area contributed by atoms with Crippen LogP contribution in [0.3, 0.4) is 0 Å². The molecule has 0 aliphatic heterocycles.